The molecule has 0 aromatic carbocycles. The van der Waals surface area contributed by atoms with E-state index >= 15 is 0 Å². The first-order valence-corrected chi connectivity index (χ1v) is 6.98. The molecule has 2 aliphatic heterocycles. The Morgan fingerprint density at radius 1 is 1.27 bits per heavy atom. The number of nitrogens with one attached hydrogen (secondary N) is 1. The molecule has 0 radical (unpaired) electrons. The minimum absolute atomic E-state index is 0.360. The van der Waals surface area contributed by atoms with Crippen LogP contribution in [0, 0.1) is 0 Å². The summed E-state index contributed by atoms with van der Waals surface area (Å²) in [5.74, 6) is -1.99. The molecule has 1 aromatic rings. The van der Waals surface area contributed by atoms with E-state index in [0.717, 1.165) is 18.7 Å². The number of nitrogens with zero attached hydrogens (tertiary/aromatic N) is 1. The molecule has 3 atom stereocenters. The summed E-state index contributed by atoms with van der Waals surface area (Å²) >= 11 is 0. The second kappa shape index (κ2) is 6.95. The van der Waals surface area contributed by atoms with Crippen molar-refractivity contribution in [2.75, 3.05) is 0 Å². The maximum Gasteiger partial charge on any atom is 0.490 e. The molecule has 122 valence electrons. The Balaban J connectivity index is 0.000000217. The summed E-state index contributed by atoms with van der Waals surface area (Å²) in [4.78, 5) is 13.1. The fourth-order valence-electron chi connectivity index (χ4n) is 2.69. The minimum atomic E-state index is -5.08. The van der Waals surface area contributed by atoms with Crippen LogP contribution in [0.2, 0.25) is 0 Å². The van der Waals surface area contributed by atoms with E-state index in [0.29, 0.717) is 18.2 Å². The zero-order chi connectivity index (χ0) is 16.2. The van der Waals surface area contributed by atoms with Crippen LogP contribution < -0.4 is 10.1 Å². The number of carboxylic acids is 1. The Morgan fingerprint density at radius 2 is 1.86 bits per heavy atom. The predicted molar refractivity (Wildman–Crippen MR) is 71.5 cm³/mol. The van der Waals surface area contributed by atoms with Crippen molar-refractivity contribution in [3.63, 3.8) is 0 Å². The van der Waals surface area contributed by atoms with Crippen LogP contribution in [-0.4, -0.2) is 40.4 Å². The van der Waals surface area contributed by atoms with Gasteiger partial charge in [-0.15, -0.1) is 0 Å². The number of halogens is 3. The van der Waals surface area contributed by atoms with Gasteiger partial charge in [0.15, 0.2) is 0 Å². The van der Waals surface area contributed by atoms with Crippen LogP contribution in [0.4, 0.5) is 13.2 Å². The van der Waals surface area contributed by atoms with E-state index in [4.69, 9.17) is 14.6 Å². The molecule has 1 aromatic heterocycles. The lowest BCUT2D eigenvalue weighted by molar-refractivity contribution is -0.192. The van der Waals surface area contributed by atoms with Crippen LogP contribution in [0.3, 0.4) is 0 Å². The van der Waals surface area contributed by atoms with Crippen molar-refractivity contribution < 1.29 is 27.8 Å². The molecule has 2 bridgehead atoms. The molecule has 3 rings (SSSR count). The normalized spacial score (nSPS) is 26.8. The van der Waals surface area contributed by atoms with Crippen LogP contribution in [0.25, 0.3) is 0 Å². The molecule has 2 fully saturated rings. The molecule has 0 saturated carbocycles. The Hall–Kier alpha value is -1.83. The van der Waals surface area contributed by atoms with E-state index in [-0.39, 0.29) is 0 Å². The van der Waals surface area contributed by atoms with E-state index in [1.807, 2.05) is 18.2 Å². The number of hydrogen-bond acceptors (Lipinski definition) is 4. The lowest BCUT2D eigenvalue weighted by atomic mass is 10.0. The number of carboxylic acid groups (broad SMARTS) is 1. The number of alkyl halides is 3. The van der Waals surface area contributed by atoms with Gasteiger partial charge in [0, 0.05) is 24.3 Å². The molecular weight excluding hydrogens is 301 g/mol. The third kappa shape index (κ3) is 4.87. The van der Waals surface area contributed by atoms with E-state index < -0.39 is 12.1 Å². The Morgan fingerprint density at radius 3 is 2.32 bits per heavy atom. The Bertz CT molecular complexity index is 484. The summed E-state index contributed by atoms with van der Waals surface area (Å²) in [5, 5.41) is 10.7. The van der Waals surface area contributed by atoms with Crippen molar-refractivity contribution in [3.8, 4) is 5.88 Å². The van der Waals surface area contributed by atoms with Crippen LogP contribution >= 0.6 is 0 Å². The van der Waals surface area contributed by atoms with Gasteiger partial charge in [0.1, 0.15) is 6.10 Å². The first-order chi connectivity index (χ1) is 10.3. The molecule has 8 heteroatoms. The first kappa shape index (κ1) is 16.5. The lowest BCUT2D eigenvalue weighted by Crippen LogP contribution is -2.42. The number of aliphatic carboxylic acids is 1. The molecule has 2 saturated heterocycles. The van der Waals surface area contributed by atoms with Gasteiger partial charge in [-0.1, -0.05) is 6.07 Å². The molecule has 2 N–H and O–H groups in total. The van der Waals surface area contributed by atoms with Gasteiger partial charge >= 0.3 is 12.1 Å². The third-order valence-electron chi connectivity index (χ3n) is 3.60. The second-order valence-electron chi connectivity index (χ2n) is 5.32. The van der Waals surface area contributed by atoms with Gasteiger partial charge < -0.3 is 15.2 Å². The topological polar surface area (TPSA) is 71.5 Å². The number of pyridine rings is 1. The Labute approximate surface area is 125 Å². The highest BCUT2D eigenvalue weighted by Crippen LogP contribution is 2.28. The second-order valence-corrected chi connectivity index (χ2v) is 5.32. The number of rotatable bonds is 2. The summed E-state index contributed by atoms with van der Waals surface area (Å²) in [5.41, 5.74) is 0. The molecule has 0 aliphatic carbocycles. The molecule has 3 heterocycles. The fraction of sp³-hybridized carbons (Fsp3) is 0.571. The molecule has 0 amide bonds. The highest BCUT2D eigenvalue weighted by molar-refractivity contribution is 5.73. The standard InChI is InChI=1S/C12H16N2O.C2HF3O2/c1-2-6-13-12(3-1)15-11-7-9-4-5-10(8-11)14-9;3-2(4,5)1(6)7/h1-3,6,9-11,14H,4-5,7-8H2;(H,6,7)/t9-,10+,11-;. The van der Waals surface area contributed by atoms with E-state index in [9.17, 15) is 13.2 Å². The molecule has 2 aliphatic rings. The van der Waals surface area contributed by atoms with Gasteiger partial charge in [-0.3, -0.25) is 0 Å². The van der Waals surface area contributed by atoms with Crippen LogP contribution in [0.1, 0.15) is 25.7 Å². The van der Waals surface area contributed by atoms with Crippen LogP contribution in [0.15, 0.2) is 24.4 Å². The maximum absolute atomic E-state index is 10.6. The summed E-state index contributed by atoms with van der Waals surface area (Å²) in [6.45, 7) is 0. The number of hydrogen-bond donors (Lipinski definition) is 2. The van der Waals surface area contributed by atoms with E-state index in [2.05, 4.69) is 10.3 Å². The van der Waals surface area contributed by atoms with Gasteiger partial charge in [-0.25, -0.2) is 9.78 Å². The Kier molecular flexibility index (Phi) is 5.23. The first-order valence-electron chi connectivity index (χ1n) is 6.98. The van der Waals surface area contributed by atoms with Gasteiger partial charge in [0.25, 0.3) is 0 Å². The summed E-state index contributed by atoms with van der Waals surface area (Å²) in [6, 6.07) is 7.18. The molecule has 5 nitrogen and oxygen atoms in total. The molecule has 22 heavy (non-hydrogen) atoms. The van der Waals surface area contributed by atoms with Gasteiger partial charge in [-0.05, 0) is 31.7 Å². The average molecular weight is 318 g/mol. The number of carbonyl (C=O) groups is 1. The minimum Gasteiger partial charge on any atom is -0.475 e. The van der Waals surface area contributed by atoms with Gasteiger partial charge in [0.05, 0.1) is 0 Å². The number of ether oxygens (including phenoxy) is 1. The number of piperidine rings is 1. The molecule has 0 unspecified atom stereocenters. The highest BCUT2D eigenvalue weighted by Gasteiger charge is 2.38. The monoisotopic (exact) mass is 318 g/mol. The fourth-order valence-corrected chi connectivity index (χ4v) is 2.69. The van der Waals surface area contributed by atoms with Gasteiger partial charge in [0.2, 0.25) is 5.88 Å². The van der Waals surface area contributed by atoms with Crippen LogP contribution in [-0.2, 0) is 4.79 Å². The number of aromatic nitrogens is 1. The van der Waals surface area contributed by atoms with E-state index in [1.165, 1.54) is 12.8 Å². The largest absolute Gasteiger partial charge is 0.490 e. The SMILES string of the molecule is O=C(O)C(F)(F)F.c1ccc(O[C@@H]2C[C@H]3CC[C@@H](C2)N3)nc1. The summed E-state index contributed by atoms with van der Waals surface area (Å²) in [7, 11) is 0. The smallest absolute Gasteiger partial charge is 0.475 e. The number of fused-ring (bicyclic) bond motifs is 2. The maximum atomic E-state index is 10.6. The zero-order valence-corrected chi connectivity index (χ0v) is 11.7. The van der Waals surface area contributed by atoms with Crippen LogP contribution in [0.5, 0.6) is 5.88 Å². The summed E-state index contributed by atoms with van der Waals surface area (Å²) < 4.78 is 37.6. The lowest BCUT2D eigenvalue weighted by Gasteiger charge is -2.29. The zero-order valence-electron chi connectivity index (χ0n) is 11.7. The molecule has 0 spiro atoms. The summed E-state index contributed by atoms with van der Waals surface area (Å²) in [6.07, 6.45) is 1.95. The quantitative estimate of drug-likeness (QED) is 0.876. The van der Waals surface area contributed by atoms with Gasteiger partial charge in [-0.2, -0.15) is 13.2 Å². The van der Waals surface area contributed by atoms with Crippen molar-refractivity contribution in [1.82, 2.24) is 10.3 Å². The van der Waals surface area contributed by atoms with Crippen molar-refractivity contribution in [2.45, 2.75) is 50.0 Å². The predicted octanol–water partition coefficient (Wildman–Crippen LogP) is 2.38. The average Bonchev–Trinajstić information content (AvgIpc) is 2.79. The van der Waals surface area contributed by atoms with Crippen molar-refractivity contribution in [2.24, 2.45) is 0 Å². The van der Waals surface area contributed by atoms with Crippen molar-refractivity contribution in [3.05, 3.63) is 24.4 Å². The van der Waals surface area contributed by atoms with Crippen molar-refractivity contribution in [1.29, 1.82) is 0 Å². The van der Waals surface area contributed by atoms with E-state index in [1.54, 1.807) is 6.20 Å². The highest BCUT2D eigenvalue weighted by atomic mass is 19.4. The third-order valence-corrected chi connectivity index (χ3v) is 3.60. The van der Waals surface area contributed by atoms with Crippen molar-refractivity contribution >= 4 is 5.97 Å². The molecular formula is C14H17F3N2O3.